The monoisotopic (exact) mass is 446 g/mol. The Labute approximate surface area is 187 Å². The first-order valence-electron chi connectivity index (χ1n) is 11.1. The van der Waals surface area contributed by atoms with Crippen molar-refractivity contribution in [1.82, 2.24) is 4.90 Å². The van der Waals surface area contributed by atoms with Crippen molar-refractivity contribution < 1.29 is 33.7 Å². The van der Waals surface area contributed by atoms with E-state index in [1.807, 2.05) is 6.92 Å². The van der Waals surface area contributed by atoms with E-state index >= 15 is 0 Å². The predicted octanol–water partition coefficient (Wildman–Crippen LogP) is 1.34. The van der Waals surface area contributed by atoms with Crippen LogP contribution in [-0.2, 0) is 23.9 Å². The molecule has 3 saturated heterocycles. The first kappa shape index (κ1) is 22.5. The number of fused-ring (bicyclic) bond motifs is 1. The van der Waals surface area contributed by atoms with E-state index in [9.17, 15) is 19.5 Å². The Hall–Kier alpha value is -2.65. The van der Waals surface area contributed by atoms with E-state index in [0.29, 0.717) is 30.7 Å². The first-order valence-corrected chi connectivity index (χ1v) is 11.1. The lowest BCUT2D eigenvalue weighted by Gasteiger charge is -2.36. The number of benzene rings is 1. The number of aliphatic hydroxyl groups is 1. The number of nitrogens with one attached hydrogen (secondary N) is 1. The third kappa shape index (κ3) is 3.34. The number of hydrogen-bond donors (Lipinski definition) is 2. The lowest BCUT2D eigenvalue weighted by Crippen LogP contribution is -2.56. The molecule has 1 aromatic rings. The Morgan fingerprint density at radius 3 is 2.62 bits per heavy atom. The number of amides is 2. The van der Waals surface area contributed by atoms with Crippen LogP contribution in [0.2, 0.25) is 0 Å². The molecule has 2 bridgehead atoms. The Morgan fingerprint density at radius 2 is 2.03 bits per heavy atom. The van der Waals surface area contributed by atoms with Crippen LogP contribution in [0.25, 0.3) is 0 Å². The van der Waals surface area contributed by atoms with Gasteiger partial charge in [0.25, 0.3) is 0 Å². The molecule has 3 fully saturated rings. The van der Waals surface area contributed by atoms with Gasteiger partial charge in [0.05, 0.1) is 44.3 Å². The average molecular weight is 447 g/mol. The molecule has 0 radical (unpaired) electrons. The van der Waals surface area contributed by atoms with Crippen molar-refractivity contribution in [2.75, 3.05) is 25.6 Å². The van der Waals surface area contributed by atoms with Gasteiger partial charge in [0.2, 0.25) is 11.8 Å². The van der Waals surface area contributed by atoms with Crippen molar-refractivity contribution in [3.05, 3.63) is 24.3 Å². The zero-order valence-corrected chi connectivity index (χ0v) is 18.6. The highest BCUT2D eigenvalue weighted by atomic mass is 16.6. The number of nitrogens with zero attached hydrogens (tertiary/aromatic N) is 1. The fraction of sp³-hybridized carbons (Fsp3) is 0.609. The molecule has 3 heterocycles. The number of aliphatic hydroxyl groups excluding tert-OH is 1. The third-order valence-corrected chi connectivity index (χ3v) is 6.98. The van der Waals surface area contributed by atoms with E-state index in [0.717, 1.165) is 0 Å². The molecule has 32 heavy (non-hydrogen) atoms. The van der Waals surface area contributed by atoms with Crippen LogP contribution in [-0.4, -0.2) is 71.9 Å². The highest BCUT2D eigenvalue weighted by molar-refractivity contribution is 6.03. The summed E-state index contributed by atoms with van der Waals surface area (Å²) in [6, 6.07) is 5.37. The second kappa shape index (κ2) is 8.71. The molecule has 4 rings (SSSR count). The lowest BCUT2D eigenvalue weighted by atomic mass is 9.70. The zero-order chi connectivity index (χ0) is 23.0. The molecule has 9 nitrogen and oxygen atoms in total. The van der Waals surface area contributed by atoms with E-state index in [2.05, 4.69) is 5.32 Å². The number of carbonyl (C=O) groups excluding carboxylic acids is 3. The summed E-state index contributed by atoms with van der Waals surface area (Å²) in [7, 11) is 1.56. The molecular formula is C23H30N2O7. The molecule has 2 N–H and O–H groups in total. The van der Waals surface area contributed by atoms with Crippen molar-refractivity contribution in [1.29, 1.82) is 0 Å². The fourth-order valence-electron chi connectivity index (χ4n) is 5.59. The number of esters is 1. The summed E-state index contributed by atoms with van der Waals surface area (Å²) in [5, 5.41) is 12.9. The molecule has 0 aliphatic carbocycles. The minimum atomic E-state index is -1.11. The second-order valence-corrected chi connectivity index (χ2v) is 8.52. The normalized spacial score (nSPS) is 31.4. The SMILES string of the molecule is CCOC(=O)[C@@H]1[C@@H]2CC[C@]3(O2)[C@H](C(=O)Nc2ccc(OC)cc2)N([C@@H](CC)CO)C(=O)[C@@H]13. The molecule has 3 aliphatic rings. The summed E-state index contributed by atoms with van der Waals surface area (Å²) in [4.78, 5) is 41.4. The van der Waals surface area contributed by atoms with Crippen LogP contribution in [0.1, 0.15) is 33.1 Å². The van der Waals surface area contributed by atoms with Gasteiger partial charge in [0.15, 0.2) is 0 Å². The van der Waals surface area contributed by atoms with Gasteiger partial charge in [-0.15, -0.1) is 0 Å². The molecule has 0 saturated carbocycles. The van der Waals surface area contributed by atoms with E-state index in [4.69, 9.17) is 14.2 Å². The van der Waals surface area contributed by atoms with E-state index in [-0.39, 0.29) is 19.1 Å². The average Bonchev–Trinajstić information content (AvgIpc) is 3.43. The molecule has 0 unspecified atom stereocenters. The first-order chi connectivity index (χ1) is 15.4. The van der Waals surface area contributed by atoms with Crippen LogP contribution in [0.4, 0.5) is 5.69 Å². The summed E-state index contributed by atoms with van der Waals surface area (Å²) < 4.78 is 16.7. The van der Waals surface area contributed by atoms with Crippen molar-refractivity contribution in [3.63, 3.8) is 0 Å². The van der Waals surface area contributed by atoms with Crippen LogP contribution in [0.5, 0.6) is 5.75 Å². The van der Waals surface area contributed by atoms with Crippen molar-refractivity contribution in [2.24, 2.45) is 11.8 Å². The topological polar surface area (TPSA) is 114 Å². The number of hydrogen-bond acceptors (Lipinski definition) is 7. The summed E-state index contributed by atoms with van der Waals surface area (Å²) in [6.07, 6.45) is 1.08. The summed E-state index contributed by atoms with van der Waals surface area (Å²) in [5.74, 6) is -2.09. The number of carbonyl (C=O) groups is 3. The highest BCUT2D eigenvalue weighted by Crippen LogP contribution is 2.59. The van der Waals surface area contributed by atoms with E-state index < -0.39 is 47.5 Å². The molecule has 3 aliphatic heterocycles. The van der Waals surface area contributed by atoms with Crippen molar-refractivity contribution in [2.45, 2.75) is 56.9 Å². The zero-order valence-electron chi connectivity index (χ0n) is 18.6. The summed E-state index contributed by atoms with van der Waals surface area (Å²) in [5.41, 5.74) is -0.562. The van der Waals surface area contributed by atoms with Gasteiger partial charge in [0.1, 0.15) is 17.4 Å². The van der Waals surface area contributed by atoms with Gasteiger partial charge in [-0.3, -0.25) is 14.4 Å². The molecule has 1 aromatic carbocycles. The summed E-state index contributed by atoms with van der Waals surface area (Å²) in [6.45, 7) is 3.48. The van der Waals surface area contributed by atoms with Crippen molar-refractivity contribution in [3.8, 4) is 5.75 Å². The van der Waals surface area contributed by atoms with Crippen LogP contribution >= 0.6 is 0 Å². The number of anilines is 1. The molecule has 174 valence electrons. The third-order valence-electron chi connectivity index (χ3n) is 6.98. The molecule has 0 aromatic heterocycles. The number of rotatable bonds is 8. The molecule has 6 atom stereocenters. The van der Waals surface area contributed by atoms with Gasteiger partial charge in [-0.05, 0) is 50.5 Å². The van der Waals surface area contributed by atoms with Crippen LogP contribution in [0.15, 0.2) is 24.3 Å². The summed E-state index contributed by atoms with van der Waals surface area (Å²) >= 11 is 0. The smallest absolute Gasteiger partial charge is 0.312 e. The van der Waals surface area contributed by atoms with Gasteiger partial charge >= 0.3 is 5.97 Å². The van der Waals surface area contributed by atoms with Gasteiger partial charge in [0, 0.05) is 5.69 Å². The largest absolute Gasteiger partial charge is 0.497 e. The minimum absolute atomic E-state index is 0.204. The van der Waals surface area contributed by atoms with Gasteiger partial charge in [-0.1, -0.05) is 6.92 Å². The fourth-order valence-corrected chi connectivity index (χ4v) is 5.59. The number of methoxy groups -OCH3 is 1. The minimum Gasteiger partial charge on any atom is -0.497 e. The molecule has 9 heteroatoms. The standard InChI is InChI=1S/C23H30N2O7/c1-4-14(12-26)25-19(20(27)24-13-6-8-15(30-3)9-7-13)23-11-10-16(32-23)17(18(23)21(25)28)22(29)31-5-2/h6-9,14,16-19,26H,4-5,10-12H2,1-3H3,(H,24,27)/t14-,16-,17+,18+,19-,23+/m0/s1. The Balaban J connectivity index is 1.70. The Kier molecular flexibility index (Phi) is 6.13. The van der Waals surface area contributed by atoms with Crippen LogP contribution in [0.3, 0.4) is 0 Å². The quantitative estimate of drug-likeness (QED) is 0.579. The molecular weight excluding hydrogens is 416 g/mol. The maximum absolute atomic E-state index is 13.6. The van der Waals surface area contributed by atoms with Crippen LogP contribution in [0, 0.1) is 11.8 Å². The number of ether oxygens (including phenoxy) is 3. The van der Waals surface area contributed by atoms with Gasteiger partial charge < -0.3 is 29.5 Å². The van der Waals surface area contributed by atoms with Gasteiger partial charge in [-0.25, -0.2) is 0 Å². The highest BCUT2D eigenvalue weighted by Gasteiger charge is 2.75. The number of likely N-dealkylation sites (tertiary alicyclic amines) is 1. The Morgan fingerprint density at radius 1 is 1.31 bits per heavy atom. The van der Waals surface area contributed by atoms with Crippen molar-refractivity contribution >= 4 is 23.5 Å². The molecule has 2 amide bonds. The lowest BCUT2D eigenvalue weighted by molar-refractivity contribution is -0.155. The maximum atomic E-state index is 13.6. The Bertz CT molecular complexity index is 885. The predicted molar refractivity (Wildman–Crippen MR) is 114 cm³/mol. The molecule has 1 spiro atoms. The van der Waals surface area contributed by atoms with E-state index in [1.165, 1.54) is 4.90 Å². The van der Waals surface area contributed by atoms with E-state index in [1.54, 1.807) is 38.3 Å². The van der Waals surface area contributed by atoms with Gasteiger partial charge in [-0.2, -0.15) is 0 Å². The second-order valence-electron chi connectivity index (χ2n) is 8.52. The maximum Gasteiger partial charge on any atom is 0.312 e. The van der Waals surface area contributed by atoms with Crippen LogP contribution < -0.4 is 10.1 Å².